The highest BCUT2D eigenvalue weighted by Gasteiger charge is 2.31. The van der Waals surface area contributed by atoms with Crippen molar-refractivity contribution in [3.63, 3.8) is 0 Å². The highest BCUT2D eigenvalue weighted by Crippen LogP contribution is 2.38. The summed E-state index contributed by atoms with van der Waals surface area (Å²) in [6, 6.07) is 0.673. The van der Waals surface area contributed by atoms with E-state index in [9.17, 15) is 0 Å². The minimum absolute atomic E-state index is 0.536. The number of hydrogen-bond donors (Lipinski definition) is 1. The molecule has 1 heterocycles. The van der Waals surface area contributed by atoms with Crippen molar-refractivity contribution in [2.45, 2.75) is 66.0 Å². The first-order valence-electron chi connectivity index (χ1n) is 7.17. The molecule has 0 amide bonds. The largest absolute Gasteiger partial charge is 0.307 e. The maximum atomic E-state index is 4.48. The number of nitrogens with one attached hydrogen (secondary N) is 1. The van der Waals surface area contributed by atoms with Crippen LogP contribution >= 0.6 is 11.3 Å². The lowest BCUT2D eigenvalue weighted by molar-refractivity contribution is 0.148. The molecule has 1 aliphatic rings. The van der Waals surface area contributed by atoms with Gasteiger partial charge in [-0.1, -0.05) is 27.7 Å². The Balaban J connectivity index is 1.83. The standard InChI is InChI=1S/C15H26N2S/c1-5-12-9-17-14(18-12)10-16-13-6-7-15(3,4)8-11(13)2/h9,11,13,16H,5-8,10H2,1-4H3. The average Bonchev–Trinajstić information content (AvgIpc) is 2.75. The van der Waals surface area contributed by atoms with Crippen molar-refractivity contribution in [1.82, 2.24) is 10.3 Å². The van der Waals surface area contributed by atoms with Crippen LogP contribution in [0.2, 0.25) is 0 Å². The molecule has 0 aromatic carbocycles. The van der Waals surface area contributed by atoms with Crippen LogP contribution in [0.15, 0.2) is 6.20 Å². The van der Waals surface area contributed by atoms with Crippen LogP contribution in [-0.2, 0) is 13.0 Å². The predicted molar refractivity (Wildman–Crippen MR) is 78.9 cm³/mol. The minimum Gasteiger partial charge on any atom is -0.307 e. The van der Waals surface area contributed by atoms with E-state index in [1.807, 2.05) is 17.5 Å². The molecule has 0 bridgehead atoms. The van der Waals surface area contributed by atoms with E-state index < -0.39 is 0 Å². The molecule has 2 rings (SSSR count). The van der Waals surface area contributed by atoms with E-state index in [0.717, 1.165) is 18.9 Å². The van der Waals surface area contributed by atoms with Crippen molar-refractivity contribution in [3.8, 4) is 0 Å². The Hall–Kier alpha value is -0.410. The molecule has 0 radical (unpaired) electrons. The zero-order valence-corrected chi connectivity index (χ0v) is 12.9. The van der Waals surface area contributed by atoms with Crippen LogP contribution in [0.25, 0.3) is 0 Å². The number of nitrogens with zero attached hydrogens (tertiary/aromatic N) is 1. The fraction of sp³-hybridized carbons (Fsp3) is 0.800. The molecule has 2 nitrogen and oxygen atoms in total. The number of aromatic nitrogens is 1. The fourth-order valence-electron chi connectivity index (χ4n) is 3.06. The second-order valence-corrected chi connectivity index (χ2v) is 7.65. The van der Waals surface area contributed by atoms with Crippen molar-refractivity contribution in [2.75, 3.05) is 0 Å². The molecular weight excluding hydrogens is 240 g/mol. The normalized spacial score (nSPS) is 27.3. The first-order chi connectivity index (χ1) is 8.50. The Bertz CT molecular complexity index is 384. The van der Waals surface area contributed by atoms with Crippen LogP contribution in [0.3, 0.4) is 0 Å². The Morgan fingerprint density at radius 2 is 2.28 bits per heavy atom. The highest BCUT2D eigenvalue weighted by molar-refractivity contribution is 7.11. The van der Waals surface area contributed by atoms with Gasteiger partial charge in [-0.3, -0.25) is 0 Å². The first-order valence-corrected chi connectivity index (χ1v) is 7.99. The Labute approximate surface area is 115 Å². The summed E-state index contributed by atoms with van der Waals surface area (Å²) in [6.07, 6.45) is 7.11. The van der Waals surface area contributed by atoms with E-state index in [-0.39, 0.29) is 0 Å². The van der Waals surface area contributed by atoms with E-state index in [0.29, 0.717) is 11.5 Å². The molecular formula is C15H26N2S. The number of thiazole rings is 1. The third-order valence-corrected chi connectivity index (χ3v) is 5.30. The van der Waals surface area contributed by atoms with Gasteiger partial charge in [0.15, 0.2) is 0 Å². The molecule has 0 aliphatic heterocycles. The van der Waals surface area contributed by atoms with E-state index >= 15 is 0 Å². The van der Waals surface area contributed by atoms with Gasteiger partial charge in [0.25, 0.3) is 0 Å². The van der Waals surface area contributed by atoms with E-state index in [1.165, 1.54) is 29.1 Å². The first kappa shape index (κ1) is 14.0. The highest BCUT2D eigenvalue weighted by atomic mass is 32.1. The summed E-state index contributed by atoms with van der Waals surface area (Å²) >= 11 is 1.85. The van der Waals surface area contributed by atoms with Gasteiger partial charge in [0.05, 0.1) is 0 Å². The number of hydrogen-bond acceptors (Lipinski definition) is 3. The zero-order valence-electron chi connectivity index (χ0n) is 12.1. The van der Waals surface area contributed by atoms with Gasteiger partial charge < -0.3 is 5.32 Å². The summed E-state index contributed by atoms with van der Waals surface area (Å²) in [6.45, 7) is 10.3. The molecule has 1 aromatic heterocycles. The van der Waals surface area contributed by atoms with Crippen LogP contribution in [0.5, 0.6) is 0 Å². The maximum Gasteiger partial charge on any atom is 0.107 e. The van der Waals surface area contributed by atoms with Gasteiger partial charge >= 0.3 is 0 Å². The Kier molecular flexibility index (Phi) is 4.44. The smallest absolute Gasteiger partial charge is 0.107 e. The van der Waals surface area contributed by atoms with Crippen LogP contribution < -0.4 is 5.32 Å². The lowest BCUT2D eigenvalue weighted by Gasteiger charge is -2.39. The second-order valence-electron chi connectivity index (χ2n) is 6.45. The van der Waals surface area contributed by atoms with Crippen LogP contribution in [-0.4, -0.2) is 11.0 Å². The minimum atomic E-state index is 0.536. The fourth-order valence-corrected chi connectivity index (χ4v) is 3.87. The van der Waals surface area contributed by atoms with Crippen molar-refractivity contribution in [2.24, 2.45) is 11.3 Å². The maximum absolute atomic E-state index is 4.48. The third-order valence-electron chi connectivity index (χ3n) is 4.16. The van der Waals surface area contributed by atoms with Crippen molar-refractivity contribution < 1.29 is 0 Å². The summed E-state index contributed by atoms with van der Waals surface area (Å²) in [5.41, 5.74) is 0.536. The average molecular weight is 266 g/mol. The monoisotopic (exact) mass is 266 g/mol. The topological polar surface area (TPSA) is 24.9 Å². The van der Waals surface area contributed by atoms with Crippen molar-refractivity contribution in [3.05, 3.63) is 16.1 Å². The number of aryl methyl sites for hydroxylation is 1. The third kappa shape index (κ3) is 3.55. The Morgan fingerprint density at radius 3 is 2.89 bits per heavy atom. The van der Waals surface area contributed by atoms with E-state index in [2.05, 4.69) is 38.0 Å². The Morgan fingerprint density at radius 1 is 1.50 bits per heavy atom. The SMILES string of the molecule is CCc1cnc(CNC2CCC(C)(C)CC2C)s1. The van der Waals surface area contributed by atoms with Crippen molar-refractivity contribution >= 4 is 11.3 Å². The van der Waals surface area contributed by atoms with Gasteiger partial charge in [-0.05, 0) is 37.0 Å². The lowest BCUT2D eigenvalue weighted by atomic mass is 9.70. The molecule has 102 valence electrons. The second kappa shape index (κ2) is 5.70. The van der Waals surface area contributed by atoms with Crippen LogP contribution in [0.4, 0.5) is 0 Å². The molecule has 1 N–H and O–H groups in total. The van der Waals surface area contributed by atoms with Crippen LogP contribution in [0, 0.1) is 11.3 Å². The van der Waals surface area contributed by atoms with Gasteiger partial charge in [-0.15, -0.1) is 11.3 Å². The predicted octanol–water partition coefficient (Wildman–Crippen LogP) is 4.01. The molecule has 1 fully saturated rings. The van der Waals surface area contributed by atoms with Gasteiger partial charge in [0.2, 0.25) is 0 Å². The van der Waals surface area contributed by atoms with Gasteiger partial charge in [-0.2, -0.15) is 0 Å². The van der Waals surface area contributed by atoms with Gasteiger partial charge in [0.1, 0.15) is 5.01 Å². The van der Waals surface area contributed by atoms with Gasteiger partial charge in [0, 0.05) is 23.7 Å². The summed E-state index contributed by atoms with van der Waals surface area (Å²) in [7, 11) is 0. The molecule has 0 spiro atoms. The molecule has 1 aliphatic carbocycles. The molecule has 2 atom stereocenters. The van der Waals surface area contributed by atoms with E-state index in [1.54, 1.807) is 0 Å². The number of rotatable bonds is 4. The van der Waals surface area contributed by atoms with Gasteiger partial charge in [-0.25, -0.2) is 4.98 Å². The molecule has 2 unspecified atom stereocenters. The van der Waals surface area contributed by atoms with Crippen LogP contribution in [0.1, 0.15) is 56.8 Å². The van der Waals surface area contributed by atoms with E-state index in [4.69, 9.17) is 0 Å². The lowest BCUT2D eigenvalue weighted by Crippen LogP contribution is -2.41. The summed E-state index contributed by atoms with van der Waals surface area (Å²) in [5, 5.41) is 4.95. The summed E-state index contributed by atoms with van der Waals surface area (Å²) in [5.74, 6) is 0.777. The summed E-state index contributed by atoms with van der Waals surface area (Å²) < 4.78 is 0. The van der Waals surface area contributed by atoms with Crippen molar-refractivity contribution in [1.29, 1.82) is 0 Å². The molecule has 1 aromatic rings. The quantitative estimate of drug-likeness (QED) is 0.890. The molecule has 1 saturated carbocycles. The molecule has 18 heavy (non-hydrogen) atoms. The molecule has 0 saturated heterocycles. The molecule has 3 heteroatoms. The summed E-state index contributed by atoms with van der Waals surface area (Å²) in [4.78, 5) is 5.87. The zero-order chi connectivity index (χ0) is 13.2.